The van der Waals surface area contributed by atoms with Crippen LogP contribution in [0.25, 0.3) is 22.5 Å². The van der Waals surface area contributed by atoms with Crippen LogP contribution in [0.2, 0.25) is 5.02 Å². The molecule has 6 N–H and O–H groups in total. The molecule has 4 aromatic carbocycles. The minimum atomic E-state index is -3.64. The third-order valence-electron chi connectivity index (χ3n) is 10.6. The number of hydrogen-bond donors (Lipinski definition) is 6. The highest BCUT2D eigenvalue weighted by atomic mass is 35.5. The van der Waals surface area contributed by atoms with Crippen molar-refractivity contribution < 1.29 is 42.2 Å². The van der Waals surface area contributed by atoms with Crippen molar-refractivity contribution in [3.8, 4) is 39.7 Å². The van der Waals surface area contributed by atoms with Crippen molar-refractivity contribution in [3.05, 3.63) is 107 Å². The smallest absolute Gasteiger partial charge is 0.274 e. The first-order valence-electron chi connectivity index (χ1n) is 20.7. The molecular weight excluding hydrogens is 876 g/mol. The van der Waals surface area contributed by atoms with Gasteiger partial charge in [0.15, 0.2) is 27.1 Å². The fourth-order valence-electron chi connectivity index (χ4n) is 7.10. The van der Waals surface area contributed by atoms with Crippen molar-refractivity contribution >= 4 is 62.1 Å². The number of methoxy groups -OCH3 is 1. The van der Waals surface area contributed by atoms with Gasteiger partial charge in [-0.05, 0) is 72.9 Å². The highest BCUT2D eigenvalue weighted by molar-refractivity contribution is 7.92. The first kappa shape index (κ1) is 46.3. The van der Waals surface area contributed by atoms with Crippen molar-refractivity contribution in [1.29, 1.82) is 0 Å². The number of phenolic OH excluding ortho intramolecular Hbond substituents is 2. The molecule has 0 unspecified atom stereocenters. The van der Waals surface area contributed by atoms with Crippen molar-refractivity contribution in [2.75, 3.05) is 55.9 Å². The third kappa shape index (κ3) is 10.6. The Morgan fingerprint density at radius 2 is 1.66 bits per heavy atom. The number of nitrogens with zero attached hydrogens (tertiary/aromatic N) is 4. The molecule has 2 aromatic heterocycles. The molecule has 2 amide bonds. The summed E-state index contributed by atoms with van der Waals surface area (Å²) in [4.78, 5) is 38.4. The van der Waals surface area contributed by atoms with E-state index in [2.05, 4.69) is 41.3 Å². The second-order valence-corrected chi connectivity index (χ2v) is 18.7. The van der Waals surface area contributed by atoms with Gasteiger partial charge in [-0.15, -0.1) is 0 Å². The van der Waals surface area contributed by atoms with Crippen LogP contribution in [0.1, 0.15) is 55.2 Å². The van der Waals surface area contributed by atoms with E-state index in [0.717, 1.165) is 18.7 Å². The summed E-state index contributed by atoms with van der Waals surface area (Å²) in [6, 6.07) is 21.7. The maximum Gasteiger partial charge on any atom is 0.274 e. The average Bonchev–Trinajstić information content (AvgIpc) is 3.72. The quantitative estimate of drug-likeness (QED) is 0.0543. The van der Waals surface area contributed by atoms with E-state index in [9.17, 15) is 28.2 Å². The molecule has 0 radical (unpaired) electrons. The number of morpholine rings is 1. The van der Waals surface area contributed by atoms with Crippen LogP contribution in [0.4, 0.5) is 28.8 Å². The standard InChI is InChI=1S/C46H49ClN8O9S/c1-26(2)31-21-32(37(57)22-36(31)56)43-41(29-12-10-28(11-13-29)25-55-16-18-63-19-17-55)42(54-64-43)45(59)48-24-40(58)51-35-20-30(14-15-38(35)62-5)50-46-49-23-33(47)44(53-46)52-34-8-6-7-9-39(34)65(60,61)27(3)4/h6-15,20-23,26-27,56-57H,16-19,24-25H2,1-5H3,(H,48,59)(H,51,58)(H2,49,50,52,53). The van der Waals surface area contributed by atoms with E-state index in [1.165, 1.54) is 25.4 Å². The summed E-state index contributed by atoms with van der Waals surface area (Å²) in [6.07, 6.45) is 1.36. The van der Waals surface area contributed by atoms with E-state index >= 15 is 0 Å². The summed E-state index contributed by atoms with van der Waals surface area (Å²) >= 11 is 6.43. The number of carbonyl (C=O) groups excluding carboxylic acids is 2. The predicted octanol–water partition coefficient (Wildman–Crippen LogP) is 7.87. The van der Waals surface area contributed by atoms with Crippen molar-refractivity contribution in [2.24, 2.45) is 0 Å². The van der Waals surface area contributed by atoms with Crippen LogP contribution < -0.4 is 26.0 Å². The second kappa shape index (κ2) is 20.0. The highest BCUT2D eigenvalue weighted by Gasteiger charge is 2.28. The Balaban J connectivity index is 1.09. The first-order valence-corrected chi connectivity index (χ1v) is 22.7. The molecule has 340 valence electrons. The number of ether oxygens (including phenoxy) is 2. The number of para-hydroxylation sites is 1. The molecule has 3 heterocycles. The van der Waals surface area contributed by atoms with E-state index in [4.69, 9.17) is 25.6 Å². The second-order valence-electron chi connectivity index (χ2n) is 15.8. The molecule has 0 atom stereocenters. The van der Waals surface area contributed by atoms with E-state index in [1.807, 2.05) is 38.1 Å². The average molecular weight is 925 g/mol. The van der Waals surface area contributed by atoms with Gasteiger partial charge in [0.1, 0.15) is 22.3 Å². The zero-order valence-electron chi connectivity index (χ0n) is 36.3. The van der Waals surface area contributed by atoms with Crippen LogP contribution in [-0.2, 0) is 25.9 Å². The lowest BCUT2D eigenvalue weighted by Crippen LogP contribution is -2.35. The van der Waals surface area contributed by atoms with E-state index in [-0.39, 0.29) is 67.4 Å². The molecule has 0 saturated carbocycles. The summed E-state index contributed by atoms with van der Waals surface area (Å²) in [6.45, 7) is 10.2. The molecule has 1 aliphatic rings. The number of hydrogen-bond acceptors (Lipinski definition) is 15. The number of sulfone groups is 1. The lowest BCUT2D eigenvalue weighted by atomic mass is 9.94. The zero-order valence-corrected chi connectivity index (χ0v) is 37.9. The predicted molar refractivity (Wildman–Crippen MR) is 247 cm³/mol. The molecule has 17 nitrogen and oxygen atoms in total. The Hall–Kier alpha value is -6.73. The molecule has 6 aromatic rings. The Bertz CT molecular complexity index is 2810. The Labute approximate surface area is 381 Å². The van der Waals surface area contributed by atoms with Gasteiger partial charge in [-0.3, -0.25) is 14.5 Å². The van der Waals surface area contributed by atoms with Gasteiger partial charge in [-0.1, -0.05) is 67.0 Å². The third-order valence-corrected chi connectivity index (χ3v) is 13.1. The molecular formula is C46H49ClN8O9S. The number of aromatic hydroxyl groups is 2. The molecule has 1 aliphatic heterocycles. The number of rotatable bonds is 16. The molecule has 65 heavy (non-hydrogen) atoms. The number of aromatic nitrogens is 3. The number of nitrogens with one attached hydrogen (secondary N) is 4. The minimum Gasteiger partial charge on any atom is -0.508 e. The van der Waals surface area contributed by atoms with Crippen molar-refractivity contribution in [2.45, 2.75) is 50.3 Å². The Morgan fingerprint density at radius 3 is 2.37 bits per heavy atom. The number of carbonyl (C=O) groups is 2. The number of anilines is 5. The maximum absolute atomic E-state index is 13.9. The molecule has 1 saturated heterocycles. The van der Waals surface area contributed by atoms with Crippen LogP contribution in [0.3, 0.4) is 0 Å². The molecule has 7 rings (SSSR count). The van der Waals surface area contributed by atoms with Gasteiger partial charge in [0.05, 0.1) is 65.7 Å². The fourth-order valence-corrected chi connectivity index (χ4v) is 8.44. The minimum absolute atomic E-state index is 0.0861. The first-order chi connectivity index (χ1) is 31.1. The van der Waals surface area contributed by atoms with E-state index in [1.54, 1.807) is 56.3 Å². The normalized spacial score (nSPS) is 13.2. The van der Waals surface area contributed by atoms with Gasteiger partial charge >= 0.3 is 0 Å². The molecule has 0 spiro atoms. The summed E-state index contributed by atoms with van der Waals surface area (Å²) in [5, 5.41) is 36.7. The topological polar surface area (TPSA) is 230 Å². The Morgan fingerprint density at radius 1 is 0.923 bits per heavy atom. The Kier molecular flexibility index (Phi) is 14.2. The molecule has 19 heteroatoms. The van der Waals surface area contributed by atoms with Crippen molar-refractivity contribution in [1.82, 2.24) is 25.3 Å². The summed E-state index contributed by atoms with van der Waals surface area (Å²) in [5.74, 6) is -1.12. The summed E-state index contributed by atoms with van der Waals surface area (Å²) < 4.78 is 42.9. The number of amides is 2. The highest BCUT2D eigenvalue weighted by Crippen LogP contribution is 2.43. The van der Waals surface area contributed by atoms with E-state index in [0.29, 0.717) is 48.0 Å². The number of phenols is 2. The SMILES string of the molecule is COc1ccc(Nc2ncc(Cl)c(Nc3ccccc3S(=O)(=O)C(C)C)n2)cc1NC(=O)CNC(=O)c1noc(-c2cc(C(C)C)c(O)cc2O)c1-c1ccc(CN2CCOCC2)cc1. The van der Waals surface area contributed by atoms with Gasteiger partial charge in [-0.2, -0.15) is 4.98 Å². The van der Waals surface area contributed by atoms with Crippen LogP contribution in [-0.4, -0.2) is 95.7 Å². The van der Waals surface area contributed by atoms with E-state index < -0.39 is 33.4 Å². The van der Waals surface area contributed by atoms with Gasteiger partial charge in [0, 0.05) is 31.4 Å². The molecule has 0 bridgehead atoms. The van der Waals surface area contributed by atoms with Gasteiger partial charge < -0.3 is 45.5 Å². The maximum atomic E-state index is 13.9. The molecule has 1 fully saturated rings. The number of halogens is 1. The van der Waals surface area contributed by atoms with Crippen LogP contribution in [0, 0.1) is 0 Å². The van der Waals surface area contributed by atoms with Crippen molar-refractivity contribution in [3.63, 3.8) is 0 Å². The van der Waals surface area contributed by atoms with Crippen LogP contribution in [0.5, 0.6) is 17.2 Å². The number of benzene rings is 4. The monoisotopic (exact) mass is 924 g/mol. The zero-order chi connectivity index (χ0) is 46.4. The fraction of sp³-hybridized carbons (Fsp3) is 0.283. The van der Waals surface area contributed by atoms with Gasteiger partial charge in [-0.25, -0.2) is 13.4 Å². The molecule has 0 aliphatic carbocycles. The van der Waals surface area contributed by atoms with Crippen LogP contribution in [0.15, 0.2) is 94.5 Å². The van der Waals surface area contributed by atoms with Gasteiger partial charge in [0.2, 0.25) is 11.9 Å². The lowest BCUT2D eigenvalue weighted by Gasteiger charge is -2.26. The van der Waals surface area contributed by atoms with Gasteiger partial charge in [0.25, 0.3) is 5.91 Å². The van der Waals surface area contributed by atoms with Crippen LogP contribution >= 0.6 is 11.6 Å². The summed E-state index contributed by atoms with van der Waals surface area (Å²) in [5.41, 5.74) is 3.54. The lowest BCUT2D eigenvalue weighted by molar-refractivity contribution is -0.115. The largest absolute Gasteiger partial charge is 0.508 e. The summed E-state index contributed by atoms with van der Waals surface area (Å²) in [7, 11) is -2.20.